The van der Waals surface area contributed by atoms with Crippen LogP contribution < -0.4 is 5.32 Å². The average molecular weight is 442 g/mol. The van der Waals surface area contributed by atoms with Gasteiger partial charge in [-0.1, -0.05) is 17.7 Å². The number of nitrogens with zero attached hydrogens (tertiary/aromatic N) is 4. The highest BCUT2D eigenvalue weighted by Gasteiger charge is 2.23. The number of ether oxygens (including phenoxy) is 1. The predicted octanol–water partition coefficient (Wildman–Crippen LogP) is 3.68. The molecule has 1 aromatic carbocycles. The van der Waals surface area contributed by atoms with Crippen molar-refractivity contribution in [2.75, 3.05) is 18.4 Å². The quantitative estimate of drug-likeness (QED) is 0.598. The molecule has 1 saturated heterocycles. The van der Waals surface area contributed by atoms with E-state index in [0.717, 1.165) is 30.9 Å². The summed E-state index contributed by atoms with van der Waals surface area (Å²) >= 11 is 1.44. The van der Waals surface area contributed by atoms with E-state index in [0.29, 0.717) is 23.3 Å². The topological polar surface area (TPSA) is 93.4 Å². The summed E-state index contributed by atoms with van der Waals surface area (Å²) in [7, 11) is 0. The standard InChI is InChI=1S/C22H27N5O3S/c1-14-4-6-17(7-5-14)21-26-25-20(30-21)9-8-19(28)24-22-23-18(13-31-22)12-27-10-15(2)29-16(3)11-27/h4-7,13,15-16H,8-12H2,1-3H3,(H,23,24,28). The Morgan fingerprint density at radius 3 is 2.68 bits per heavy atom. The Balaban J connectivity index is 1.25. The number of hydrogen-bond acceptors (Lipinski definition) is 8. The summed E-state index contributed by atoms with van der Waals surface area (Å²) in [5.74, 6) is 0.789. The first-order valence-corrected chi connectivity index (χ1v) is 11.3. The maximum absolute atomic E-state index is 12.3. The number of carbonyl (C=O) groups excluding carboxylic acids is 1. The van der Waals surface area contributed by atoms with Crippen LogP contribution in [-0.2, 0) is 22.5 Å². The fourth-order valence-electron chi connectivity index (χ4n) is 3.65. The summed E-state index contributed by atoms with van der Waals surface area (Å²) in [6.45, 7) is 8.73. The molecule has 2 aromatic heterocycles. The molecule has 1 amide bonds. The van der Waals surface area contributed by atoms with Gasteiger partial charge in [-0.05, 0) is 32.9 Å². The number of benzene rings is 1. The van der Waals surface area contributed by atoms with E-state index < -0.39 is 0 Å². The molecule has 3 aromatic rings. The molecular formula is C22H27N5O3S. The summed E-state index contributed by atoms with van der Waals surface area (Å²) in [6.07, 6.45) is 1.07. The number of amides is 1. The molecule has 1 N–H and O–H groups in total. The zero-order chi connectivity index (χ0) is 21.8. The predicted molar refractivity (Wildman–Crippen MR) is 119 cm³/mol. The SMILES string of the molecule is Cc1ccc(-c2nnc(CCC(=O)Nc3nc(CN4CC(C)OC(C)C4)cs3)o2)cc1. The minimum Gasteiger partial charge on any atom is -0.421 e. The lowest BCUT2D eigenvalue weighted by atomic mass is 10.1. The van der Waals surface area contributed by atoms with E-state index in [1.807, 2.05) is 36.6 Å². The second-order valence-corrected chi connectivity index (χ2v) is 8.87. The van der Waals surface area contributed by atoms with Crippen LogP contribution in [0.5, 0.6) is 0 Å². The Labute approximate surface area is 185 Å². The molecule has 0 aliphatic carbocycles. The number of carbonyl (C=O) groups is 1. The van der Waals surface area contributed by atoms with E-state index in [4.69, 9.17) is 9.15 Å². The Morgan fingerprint density at radius 1 is 1.19 bits per heavy atom. The minimum absolute atomic E-state index is 0.121. The van der Waals surface area contributed by atoms with Crippen LogP contribution in [0.25, 0.3) is 11.5 Å². The number of hydrogen-bond donors (Lipinski definition) is 1. The van der Waals surface area contributed by atoms with Crippen molar-refractivity contribution in [3.8, 4) is 11.5 Å². The Hall–Kier alpha value is -2.62. The number of thiazole rings is 1. The monoisotopic (exact) mass is 441 g/mol. The van der Waals surface area contributed by atoms with Crippen molar-refractivity contribution < 1.29 is 13.9 Å². The fourth-order valence-corrected chi connectivity index (χ4v) is 4.37. The Bertz CT molecular complexity index is 1010. The van der Waals surface area contributed by atoms with Gasteiger partial charge in [-0.15, -0.1) is 21.5 Å². The van der Waals surface area contributed by atoms with E-state index in [9.17, 15) is 4.79 Å². The van der Waals surface area contributed by atoms with Gasteiger partial charge in [-0.3, -0.25) is 9.69 Å². The first-order valence-electron chi connectivity index (χ1n) is 10.5. The van der Waals surface area contributed by atoms with Gasteiger partial charge in [0, 0.05) is 43.4 Å². The largest absolute Gasteiger partial charge is 0.421 e. The van der Waals surface area contributed by atoms with Gasteiger partial charge < -0.3 is 14.5 Å². The lowest BCUT2D eigenvalue weighted by Gasteiger charge is -2.34. The maximum atomic E-state index is 12.3. The maximum Gasteiger partial charge on any atom is 0.247 e. The minimum atomic E-state index is -0.121. The number of morpholine rings is 1. The van der Waals surface area contributed by atoms with E-state index in [1.54, 1.807) is 0 Å². The highest BCUT2D eigenvalue weighted by atomic mass is 32.1. The molecule has 8 nitrogen and oxygen atoms in total. The van der Waals surface area contributed by atoms with Gasteiger partial charge >= 0.3 is 0 Å². The van der Waals surface area contributed by atoms with Crippen molar-refractivity contribution in [3.05, 3.63) is 46.8 Å². The van der Waals surface area contributed by atoms with Crippen molar-refractivity contribution in [1.29, 1.82) is 0 Å². The molecule has 0 saturated carbocycles. The van der Waals surface area contributed by atoms with Crippen LogP contribution in [0.1, 0.15) is 37.4 Å². The number of anilines is 1. The molecule has 0 bridgehead atoms. The highest BCUT2D eigenvalue weighted by Crippen LogP contribution is 2.21. The number of rotatable bonds is 7. The van der Waals surface area contributed by atoms with Gasteiger partial charge in [-0.2, -0.15) is 0 Å². The molecule has 0 radical (unpaired) electrons. The lowest BCUT2D eigenvalue weighted by Crippen LogP contribution is -2.44. The summed E-state index contributed by atoms with van der Waals surface area (Å²) in [5.41, 5.74) is 2.99. The van der Waals surface area contributed by atoms with Crippen molar-refractivity contribution in [3.63, 3.8) is 0 Å². The van der Waals surface area contributed by atoms with E-state index in [2.05, 4.69) is 39.2 Å². The van der Waals surface area contributed by atoms with Crippen molar-refractivity contribution in [2.45, 2.75) is 52.4 Å². The molecule has 9 heteroatoms. The number of aromatic nitrogens is 3. The molecule has 0 spiro atoms. The van der Waals surface area contributed by atoms with Crippen molar-refractivity contribution in [1.82, 2.24) is 20.1 Å². The Morgan fingerprint density at radius 2 is 1.94 bits per heavy atom. The zero-order valence-corrected chi connectivity index (χ0v) is 18.8. The third-order valence-corrected chi connectivity index (χ3v) is 5.82. The normalized spacial score (nSPS) is 19.5. The third-order valence-electron chi connectivity index (χ3n) is 5.01. The van der Waals surface area contributed by atoms with E-state index in [1.165, 1.54) is 16.9 Å². The second-order valence-electron chi connectivity index (χ2n) is 8.01. The van der Waals surface area contributed by atoms with Gasteiger partial charge in [0.15, 0.2) is 5.13 Å². The van der Waals surface area contributed by atoms with Crippen LogP contribution in [0.4, 0.5) is 5.13 Å². The van der Waals surface area contributed by atoms with Gasteiger partial charge in [0.25, 0.3) is 0 Å². The average Bonchev–Trinajstić information content (AvgIpc) is 3.36. The zero-order valence-electron chi connectivity index (χ0n) is 18.0. The highest BCUT2D eigenvalue weighted by molar-refractivity contribution is 7.13. The number of nitrogens with one attached hydrogen (secondary N) is 1. The van der Waals surface area contributed by atoms with Crippen LogP contribution in [0, 0.1) is 6.92 Å². The van der Waals surface area contributed by atoms with Gasteiger partial charge in [0.1, 0.15) is 0 Å². The molecule has 2 atom stereocenters. The first kappa shape index (κ1) is 21.6. The smallest absolute Gasteiger partial charge is 0.247 e. The lowest BCUT2D eigenvalue weighted by molar-refractivity contribution is -0.116. The molecule has 164 valence electrons. The van der Waals surface area contributed by atoms with Crippen molar-refractivity contribution >= 4 is 22.4 Å². The van der Waals surface area contributed by atoms with Crippen LogP contribution >= 0.6 is 11.3 Å². The Kier molecular flexibility index (Phi) is 6.74. The second kappa shape index (κ2) is 9.67. The van der Waals surface area contributed by atoms with Crippen LogP contribution in [0.3, 0.4) is 0 Å². The first-order chi connectivity index (χ1) is 14.9. The van der Waals surface area contributed by atoms with E-state index in [-0.39, 0.29) is 24.5 Å². The van der Waals surface area contributed by atoms with Gasteiger partial charge in [0.05, 0.1) is 17.9 Å². The van der Waals surface area contributed by atoms with Gasteiger partial charge in [0.2, 0.25) is 17.7 Å². The molecule has 1 aliphatic rings. The summed E-state index contributed by atoms with van der Waals surface area (Å²) < 4.78 is 11.5. The van der Waals surface area contributed by atoms with E-state index >= 15 is 0 Å². The molecule has 1 fully saturated rings. The molecule has 4 rings (SSSR count). The van der Waals surface area contributed by atoms with Crippen LogP contribution in [0.15, 0.2) is 34.1 Å². The summed E-state index contributed by atoms with van der Waals surface area (Å²) in [4.78, 5) is 19.2. The van der Waals surface area contributed by atoms with Crippen molar-refractivity contribution in [2.24, 2.45) is 0 Å². The third kappa shape index (κ3) is 5.96. The van der Waals surface area contributed by atoms with Crippen LogP contribution in [-0.4, -0.2) is 51.3 Å². The molecule has 31 heavy (non-hydrogen) atoms. The molecular weight excluding hydrogens is 414 g/mol. The number of aryl methyl sites for hydroxylation is 2. The molecule has 2 unspecified atom stereocenters. The summed E-state index contributed by atoms with van der Waals surface area (Å²) in [5, 5.41) is 13.6. The molecule has 1 aliphatic heterocycles. The fraction of sp³-hybridized carbons (Fsp3) is 0.455. The van der Waals surface area contributed by atoms with Gasteiger partial charge in [-0.25, -0.2) is 4.98 Å². The molecule has 3 heterocycles. The van der Waals surface area contributed by atoms with Crippen LogP contribution in [0.2, 0.25) is 0 Å². The summed E-state index contributed by atoms with van der Waals surface area (Å²) in [6, 6.07) is 7.87.